The molecule has 0 radical (unpaired) electrons. The molecule has 57 heavy (non-hydrogen) atoms. The van der Waals surface area contributed by atoms with E-state index < -0.39 is 72.3 Å². The number of nitrogens with two attached hydrogens (primary N) is 4. The van der Waals surface area contributed by atoms with Gasteiger partial charge in [0.2, 0.25) is 29.3 Å². The van der Waals surface area contributed by atoms with Crippen LogP contribution in [0.4, 0.5) is 0 Å². The summed E-state index contributed by atoms with van der Waals surface area (Å²) >= 11 is 5.85. The molecule has 0 aromatic carbocycles. The molecule has 0 aliphatic carbocycles. The van der Waals surface area contributed by atoms with E-state index in [-0.39, 0.29) is 35.9 Å². The van der Waals surface area contributed by atoms with Gasteiger partial charge < -0.3 is 48.5 Å². The Hall–Kier alpha value is -3.83. The van der Waals surface area contributed by atoms with Gasteiger partial charge in [0, 0.05) is 25.4 Å². The number of hydrogen-bond donors (Lipinski definition) is 11. The summed E-state index contributed by atoms with van der Waals surface area (Å²) in [6.45, 7) is 6.37. The third-order valence-electron chi connectivity index (χ3n) is 9.02. The van der Waals surface area contributed by atoms with E-state index in [0.29, 0.717) is 82.9 Å². The maximum Gasteiger partial charge on any atom is 0.239 e. The van der Waals surface area contributed by atoms with Crippen molar-refractivity contribution in [1.29, 1.82) is 0 Å². The molecule has 1 rings (SSSR count). The summed E-state index contributed by atoms with van der Waals surface area (Å²) < 4.78 is 0. The van der Waals surface area contributed by atoms with Gasteiger partial charge in [-0.15, -0.1) is 0 Å². The predicted molar refractivity (Wildman–Crippen MR) is 225 cm³/mol. The van der Waals surface area contributed by atoms with Crippen LogP contribution in [0.2, 0.25) is 0 Å². The number of hydrazine groups is 1. The molecule has 1 saturated heterocycles. The molecule has 14 N–H and O–H groups in total. The van der Waals surface area contributed by atoms with Gasteiger partial charge in [-0.2, -0.15) is 24.4 Å². The van der Waals surface area contributed by atoms with Crippen LogP contribution in [-0.2, 0) is 33.6 Å². The first-order chi connectivity index (χ1) is 27.1. The zero-order chi connectivity index (χ0) is 42.9. The summed E-state index contributed by atoms with van der Waals surface area (Å²) in [4.78, 5) is 99.2. The highest BCUT2D eigenvalue weighted by Crippen LogP contribution is 2.20. The summed E-state index contributed by atoms with van der Waals surface area (Å²) in [6, 6.07) is -4.94. The molecule has 22 heteroatoms. The Labute approximate surface area is 345 Å². The largest absolute Gasteiger partial charge is 0.370 e. The maximum atomic E-state index is 13.7. The smallest absolute Gasteiger partial charge is 0.239 e. The van der Waals surface area contributed by atoms with E-state index in [9.17, 15) is 33.6 Å². The second-order valence-electron chi connectivity index (χ2n) is 14.2. The average molecular weight is 844 g/mol. The molecule has 1 fully saturated rings. The van der Waals surface area contributed by atoms with Crippen molar-refractivity contribution in [3.8, 4) is 0 Å². The number of hydrogen-bond acceptors (Lipinski definition) is 15. The normalized spacial score (nSPS) is 17.3. The van der Waals surface area contributed by atoms with Gasteiger partial charge in [0.15, 0.2) is 11.9 Å². The first kappa shape index (κ1) is 51.2. The van der Waals surface area contributed by atoms with Crippen molar-refractivity contribution in [1.82, 2.24) is 37.0 Å². The standard InChI is InChI=1S/C35H65N13O7S2/c1-21(2)16-26(32(54)42-17-29(51)44-23(18-49)8-5-12-40-34(36)37)47-46-25(11-15-57-4)30(52)31(53)27(20-56)43-22(3)48-14-7-10-28(48)33(55)45-24(19-50)9-6-13-41-35(38)39/h18-19,21-28,43,46-47,56H,5-17,20H2,1-4H3,(H,42,54)(H,44,51)(H,45,55)(H4,36,37,40)(H4,38,39,41)/t22?,23-,24-,25-,26-,27-,28-/m0/s1. The SMILES string of the molecule is CSCC[C@H](NN[C@@H](CC(C)C)C(=O)NCC(=O)N[C@H](C=O)CCCN=C(N)N)C(=O)C(=O)[C@H](CS)NC(C)N1CCC[C@H]1C(=O)N[C@H](C=O)CCCN=C(N)N. The molecule has 324 valence electrons. The van der Waals surface area contributed by atoms with Crippen LogP contribution in [0.5, 0.6) is 0 Å². The fourth-order valence-corrected chi connectivity index (χ4v) is 6.84. The first-order valence-electron chi connectivity index (χ1n) is 19.2. The molecule has 1 unspecified atom stereocenters. The Kier molecular flexibility index (Phi) is 25.6. The Balaban J connectivity index is 2.91. The molecule has 0 saturated carbocycles. The third kappa shape index (κ3) is 20.4. The Morgan fingerprint density at radius 1 is 0.842 bits per heavy atom. The molecule has 3 amide bonds. The number of thiol groups is 1. The van der Waals surface area contributed by atoms with Crippen LogP contribution in [-0.4, -0.2) is 145 Å². The number of likely N-dealkylation sites (tertiary alicyclic amines) is 1. The number of aliphatic imine (C=N–C) groups is 2. The highest BCUT2D eigenvalue weighted by Gasteiger charge is 2.37. The minimum Gasteiger partial charge on any atom is -0.370 e. The van der Waals surface area contributed by atoms with E-state index in [1.165, 1.54) is 11.8 Å². The molecule has 7 atom stereocenters. The maximum absolute atomic E-state index is 13.7. The van der Waals surface area contributed by atoms with Gasteiger partial charge in [-0.25, -0.2) is 10.9 Å². The summed E-state index contributed by atoms with van der Waals surface area (Å²) in [5, 5.41) is 11.1. The zero-order valence-electron chi connectivity index (χ0n) is 33.5. The molecule has 0 aromatic rings. The van der Waals surface area contributed by atoms with E-state index in [1.807, 2.05) is 25.0 Å². The summed E-state index contributed by atoms with van der Waals surface area (Å²) in [5.41, 5.74) is 27.1. The number of carbonyl (C=O) groups excluding carboxylic acids is 7. The Bertz CT molecular complexity index is 1370. The van der Waals surface area contributed by atoms with E-state index in [0.717, 1.165) is 0 Å². The molecule has 0 bridgehead atoms. The van der Waals surface area contributed by atoms with Gasteiger partial charge >= 0.3 is 0 Å². The Morgan fingerprint density at radius 2 is 1.40 bits per heavy atom. The van der Waals surface area contributed by atoms with E-state index in [4.69, 9.17) is 22.9 Å². The van der Waals surface area contributed by atoms with Gasteiger partial charge in [-0.1, -0.05) is 13.8 Å². The van der Waals surface area contributed by atoms with Crippen molar-refractivity contribution in [2.45, 2.75) is 115 Å². The quantitative estimate of drug-likeness (QED) is 0.00632. The van der Waals surface area contributed by atoms with Crippen molar-refractivity contribution < 1.29 is 33.6 Å². The van der Waals surface area contributed by atoms with Crippen molar-refractivity contribution in [2.24, 2.45) is 38.8 Å². The lowest BCUT2D eigenvalue weighted by Crippen LogP contribution is -2.60. The monoisotopic (exact) mass is 843 g/mol. The van der Waals surface area contributed by atoms with Crippen molar-refractivity contribution in [3.05, 3.63) is 0 Å². The van der Waals surface area contributed by atoms with Gasteiger partial charge in [0.05, 0.1) is 42.9 Å². The predicted octanol–water partition coefficient (Wildman–Crippen LogP) is -2.96. The van der Waals surface area contributed by atoms with Gasteiger partial charge in [0.25, 0.3) is 0 Å². The first-order valence-corrected chi connectivity index (χ1v) is 21.2. The van der Waals surface area contributed by atoms with Gasteiger partial charge in [-0.05, 0) is 76.2 Å². The fraction of sp³-hybridized carbons (Fsp3) is 0.743. The second-order valence-corrected chi connectivity index (χ2v) is 15.5. The summed E-state index contributed by atoms with van der Waals surface area (Å²) in [7, 11) is 0. The number of nitrogens with zero attached hydrogens (tertiary/aromatic N) is 3. The highest BCUT2D eigenvalue weighted by atomic mass is 32.2. The lowest BCUT2D eigenvalue weighted by Gasteiger charge is -2.33. The number of rotatable bonds is 31. The molecular formula is C35H65N13O7S2. The second kappa shape index (κ2) is 28.6. The zero-order valence-corrected chi connectivity index (χ0v) is 35.2. The van der Waals surface area contributed by atoms with Crippen LogP contribution in [0.25, 0.3) is 0 Å². The highest BCUT2D eigenvalue weighted by molar-refractivity contribution is 7.98. The molecule has 20 nitrogen and oxygen atoms in total. The van der Waals surface area contributed by atoms with Crippen molar-refractivity contribution in [2.75, 3.05) is 43.9 Å². The Morgan fingerprint density at radius 3 is 1.93 bits per heavy atom. The minimum absolute atomic E-state index is 0.00697. The van der Waals surface area contributed by atoms with Crippen LogP contribution in [0.3, 0.4) is 0 Å². The number of Topliss-reactive ketones (excluding diaryl/α,β-unsaturated/α-hetero) is 2. The average Bonchev–Trinajstić information content (AvgIpc) is 3.67. The number of guanidine groups is 2. The van der Waals surface area contributed by atoms with Gasteiger partial charge in [-0.3, -0.25) is 44.2 Å². The van der Waals surface area contributed by atoms with Gasteiger partial charge in [0.1, 0.15) is 18.6 Å². The molecular weight excluding hydrogens is 779 g/mol. The van der Waals surface area contributed by atoms with Crippen LogP contribution in [0.15, 0.2) is 9.98 Å². The molecule has 1 aliphatic heterocycles. The lowest BCUT2D eigenvalue weighted by atomic mass is 10.0. The summed E-state index contributed by atoms with van der Waals surface area (Å²) in [5.74, 6) is -2.42. The number of amides is 3. The lowest BCUT2D eigenvalue weighted by molar-refractivity contribution is -0.139. The van der Waals surface area contributed by atoms with E-state index >= 15 is 0 Å². The van der Waals surface area contributed by atoms with E-state index in [2.05, 4.69) is 54.7 Å². The van der Waals surface area contributed by atoms with Crippen molar-refractivity contribution in [3.63, 3.8) is 0 Å². The van der Waals surface area contributed by atoms with E-state index in [1.54, 1.807) is 6.92 Å². The molecule has 1 aliphatic rings. The van der Waals surface area contributed by atoms with Crippen LogP contribution in [0.1, 0.15) is 72.1 Å². The molecule has 0 aromatic heterocycles. The molecule has 1 heterocycles. The minimum atomic E-state index is -1.000. The molecule has 0 spiro atoms. The topological polar surface area (TPSA) is 324 Å². The number of aldehydes is 2. The van der Waals surface area contributed by atoms with Crippen LogP contribution < -0.4 is 55.1 Å². The number of nitrogens with one attached hydrogen (secondary N) is 6. The fourth-order valence-electron chi connectivity index (χ4n) is 6.10. The number of ketones is 2. The summed E-state index contributed by atoms with van der Waals surface area (Å²) in [6.07, 6.45) is 6.09. The third-order valence-corrected chi connectivity index (χ3v) is 10.0. The van der Waals surface area contributed by atoms with Crippen molar-refractivity contribution >= 4 is 78.2 Å². The van der Waals surface area contributed by atoms with Crippen LogP contribution in [0, 0.1) is 5.92 Å². The van der Waals surface area contributed by atoms with Crippen LogP contribution >= 0.6 is 24.4 Å². The number of thioether (sulfide) groups is 1. The number of carbonyl (C=O) groups is 7.